The van der Waals surface area contributed by atoms with Crippen LogP contribution < -0.4 is 4.90 Å². The molecular formula is C25H26ClN3O2. The number of hydrogen-bond donors (Lipinski definition) is 1. The zero-order valence-corrected chi connectivity index (χ0v) is 18.4. The Morgan fingerprint density at radius 3 is 2.81 bits per heavy atom. The minimum atomic E-state index is -0.766. The van der Waals surface area contributed by atoms with Crippen molar-refractivity contribution in [2.75, 3.05) is 18.1 Å². The van der Waals surface area contributed by atoms with E-state index in [2.05, 4.69) is 34.1 Å². The van der Waals surface area contributed by atoms with Gasteiger partial charge in [-0.1, -0.05) is 42.3 Å². The van der Waals surface area contributed by atoms with Gasteiger partial charge in [-0.15, -0.1) is 0 Å². The number of nitrogens with one attached hydrogen (secondary N) is 1. The molecule has 31 heavy (non-hydrogen) atoms. The van der Waals surface area contributed by atoms with Crippen LogP contribution in [0.15, 0.2) is 48.5 Å². The lowest BCUT2D eigenvalue weighted by Gasteiger charge is -2.53. The summed E-state index contributed by atoms with van der Waals surface area (Å²) in [6.45, 7) is 3.25. The Labute approximate surface area is 186 Å². The number of nitrogens with zero attached hydrogens (tertiary/aromatic N) is 2. The number of amides is 2. The maximum Gasteiger partial charge on any atom is 0.327 e. The quantitative estimate of drug-likeness (QED) is 0.563. The number of para-hydroxylation sites is 1. The van der Waals surface area contributed by atoms with Crippen LogP contribution in [0.4, 0.5) is 10.5 Å². The highest BCUT2D eigenvalue weighted by Crippen LogP contribution is 2.60. The second-order valence-electron chi connectivity index (χ2n) is 8.81. The van der Waals surface area contributed by atoms with Gasteiger partial charge in [0.25, 0.3) is 0 Å². The first-order valence-electron chi connectivity index (χ1n) is 11.2. The number of carbonyl (C=O) groups excluding carboxylic acids is 1. The monoisotopic (exact) mass is 435 g/mol. The molecule has 6 heteroatoms. The van der Waals surface area contributed by atoms with E-state index in [-0.39, 0.29) is 6.03 Å². The fourth-order valence-electron chi connectivity index (χ4n) is 6.44. The average molecular weight is 436 g/mol. The Morgan fingerprint density at radius 2 is 1.97 bits per heavy atom. The van der Waals surface area contributed by atoms with Crippen molar-refractivity contribution in [2.24, 2.45) is 0 Å². The van der Waals surface area contributed by atoms with E-state index in [1.165, 1.54) is 10.9 Å². The predicted molar refractivity (Wildman–Crippen MR) is 123 cm³/mol. The summed E-state index contributed by atoms with van der Waals surface area (Å²) < 4.78 is 6.69. The number of aromatic amines is 1. The first-order valence-corrected chi connectivity index (χ1v) is 11.6. The molecule has 6 rings (SSSR count). The summed E-state index contributed by atoms with van der Waals surface area (Å²) in [5, 5.41) is 1.88. The van der Waals surface area contributed by atoms with Crippen molar-refractivity contribution in [1.82, 2.24) is 9.88 Å². The molecule has 2 aliphatic heterocycles. The molecule has 5 nitrogen and oxygen atoms in total. The van der Waals surface area contributed by atoms with E-state index in [4.69, 9.17) is 16.3 Å². The SMILES string of the molecule is CCOC12CCCCC13c1[nH]c4ccccc4c1CCN3C(=O)N2c1cccc(Cl)c1. The zero-order valence-electron chi connectivity index (χ0n) is 17.7. The molecule has 0 bridgehead atoms. The van der Waals surface area contributed by atoms with Crippen LogP contribution in [0, 0.1) is 0 Å². The van der Waals surface area contributed by atoms with Crippen molar-refractivity contribution in [3.63, 3.8) is 0 Å². The van der Waals surface area contributed by atoms with Crippen LogP contribution in [0.5, 0.6) is 0 Å². The molecule has 2 amide bonds. The van der Waals surface area contributed by atoms with Crippen molar-refractivity contribution >= 4 is 34.2 Å². The smallest absolute Gasteiger partial charge is 0.327 e. The Bertz CT molecular complexity index is 1190. The highest BCUT2D eigenvalue weighted by atomic mass is 35.5. The number of ether oxygens (including phenoxy) is 1. The lowest BCUT2D eigenvalue weighted by molar-refractivity contribution is -0.140. The van der Waals surface area contributed by atoms with Crippen molar-refractivity contribution < 1.29 is 9.53 Å². The van der Waals surface area contributed by atoms with Crippen LogP contribution in [0.2, 0.25) is 5.02 Å². The van der Waals surface area contributed by atoms with E-state index in [0.717, 1.165) is 49.0 Å². The van der Waals surface area contributed by atoms with Gasteiger partial charge in [-0.2, -0.15) is 0 Å². The third-order valence-corrected chi connectivity index (χ3v) is 7.69. The third-order valence-electron chi connectivity index (χ3n) is 7.46. The van der Waals surface area contributed by atoms with E-state index in [1.807, 2.05) is 36.1 Å². The standard InChI is InChI=1S/C25H26ClN3O2/c1-2-31-25-14-6-5-13-24(25)22-20(19-10-3-4-11-21(19)27-22)12-15-28(24)23(30)29(25)18-9-7-8-17(26)16-18/h3-4,7-11,16,27H,2,5-6,12-15H2,1H3. The number of urea groups is 1. The molecule has 1 aliphatic carbocycles. The molecule has 1 spiro atoms. The molecule has 2 atom stereocenters. The highest BCUT2D eigenvalue weighted by molar-refractivity contribution is 6.31. The molecule has 1 saturated heterocycles. The van der Waals surface area contributed by atoms with Gasteiger partial charge in [0.1, 0.15) is 5.54 Å². The minimum absolute atomic E-state index is 0.0157. The summed E-state index contributed by atoms with van der Waals surface area (Å²) in [7, 11) is 0. The number of fused-ring (bicyclic) bond motifs is 3. The first kappa shape index (κ1) is 19.2. The molecule has 1 N–H and O–H groups in total. The second kappa shape index (κ2) is 6.75. The average Bonchev–Trinajstić information content (AvgIpc) is 3.25. The van der Waals surface area contributed by atoms with E-state index in [1.54, 1.807) is 0 Å². The van der Waals surface area contributed by atoms with Gasteiger partial charge >= 0.3 is 6.03 Å². The Hall–Kier alpha value is -2.50. The van der Waals surface area contributed by atoms with Gasteiger partial charge in [0.05, 0.1) is 5.69 Å². The Morgan fingerprint density at radius 1 is 1.13 bits per heavy atom. The molecule has 1 saturated carbocycles. The number of aromatic nitrogens is 1. The summed E-state index contributed by atoms with van der Waals surface area (Å²) in [4.78, 5) is 21.8. The lowest BCUT2D eigenvalue weighted by atomic mass is 9.69. The molecule has 3 heterocycles. The number of carbonyl (C=O) groups is 1. The van der Waals surface area contributed by atoms with Crippen LogP contribution in [0.3, 0.4) is 0 Å². The zero-order chi connectivity index (χ0) is 21.2. The van der Waals surface area contributed by atoms with Gasteiger partial charge < -0.3 is 14.6 Å². The number of hydrogen-bond acceptors (Lipinski definition) is 2. The summed E-state index contributed by atoms with van der Waals surface area (Å²) in [5.74, 6) is 0. The van der Waals surface area contributed by atoms with Crippen molar-refractivity contribution in [1.29, 1.82) is 0 Å². The largest absolute Gasteiger partial charge is 0.356 e. The summed E-state index contributed by atoms with van der Waals surface area (Å²) in [6, 6.07) is 16.1. The van der Waals surface area contributed by atoms with Gasteiger partial charge in [0.2, 0.25) is 0 Å². The molecule has 2 fully saturated rings. The molecule has 2 aromatic carbocycles. The Balaban J connectivity index is 1.66. The van der Waals surface area contributed by atoms with Gasteiger partial charge in [0.15, 0.2) is 5.72 Å². The Kier molecular flexibility index (Phi) is 4.18. The lowest BCUT2D eigenvalue weighted by Crippen LogP contribution is -2.64. The normalized spacial score (nSPS) is 27.4. The fraction of sp³-hybridized carbons (Fsp3) is 0.400. The fourth-order valence-corrected chi connectivity index (χ4v) is 6.62. The summed E-state index contributed by atoms with van der Waals surface area (Å²) in [6.07, 6.45) is 4.62. The van der Waals surface area contributed by atoms with Crippen molar-refractivity contribution in [3.8, 4) is 0 Å². The minimum Gasteiger partial charge on any atom is -0.356 e. The molecule has 3 aliphatic rings. The summed E-state index contributed by atoms with van der Waals surface area (Å²) in [5.41, 5.74) is 3.13. The van der Waals surface area contributed by atoms with Crippen molar-refractivity contribution in [2.45, 2.75) is 50.3 Å². The molecule has 3 aromatic rings. The van der Waals surface area contributed by atoms with Crippen LogP contribution in [0.1, 0.15) is 43.9 Å². The molecule has 0 radical (unpaired) electrons. The van der Waals surface area contributed by atoms with Gasteiger partial charge in [-0.25, -0.2) is 4.79 Å². The van der Waals surface area contributed by atoms with Gasteiger partial charge in [-0.05, 0) is 62.4 Å². The molecule has 160 valence electrons. The number of H-pyrrole nitrogens is 1. The third kappa shape index (κ3) is 2.34. The number of rotatable bonds is 3. The number of anilines is 1. The predicted octanol–water partition coefficient (Wildman–Crippen LogP) is 5.82. The number of halogens is 1. The topological polar surface area (TPSA) is 48.6 Å². The molecular weight excluding hydrogens is 410 g/mol. The maximum absolute atomic E-state index is 14.0. The van der Waals surface area contributed by atoms with E-state index < -0.39 is 11.3 Å². The van der Waals surface area contributed by atoms with E-state index in [9.17, 15) is 4.79 Å². The van der Waals surface area contributed by atoms with Crippen LogP contribution >= 0.6 is 11.6 Å². The molecule has 1 aromatic heterocycles. The van der Waals surface area contributed by atoms with Gasteiger partial charge in [0, 0.05) is 34.8 Å². The molecule has 2 unspecified atom stereocenters. The second-order valence-corrected chi connectivity index (χ2v) is 9.24. The first-order chi connectivity index (χ1) is 15.1. The highest BCUT2D eigenvalue weighted by Gasteiger charge is 2.71. The summed E-state index contributed by atoms with van der Waals surface area (Å²) >= 11 is 6.36. The van der Waals surface area contributed by atoms with E-state index >= 15 is 0 Å². The maximum atomic E-state index is 14.0. The van der Waals surface area contributed by atoms with Crippen LogP contribution in [-0.2, 0) is 16.7 Å². The van der Waals surface area contributed by atoms with Gasteiger partial charge in [-0.3, -0.25) is 4.90 Å². The number of benzene rings is 2. The van der Waals surface area contributed by atoms with Crippen LogP contribution in [-0.4, -0.2) is 34.8 Å². The van der Waals surface area contributed by atoms with Crippen LogP contribution in [0.25, 0.3) is 10.9 Å². The van der Waals surface area contributed by atoms with Crippen molar-refractivity contribution in [3.05, 3.63) is 64.8 Å². The van der Waals surface area contributed by atoms with E-state index in [0.29, 0.717) is 18.2 Å².